The molecule has 0 aromatic heterocycles. The Morgan fingerprint density at radius 2 is 1.86 bits per heavy atom. The first kappa shape index (κ1) is 27.4. The van der Waals surface area contributed by atoms with E-state index < -0.39 is 0 Å². The van der Waals surface area contributed by atoms with E-state index in [0.717, 1.165) is 57.5 Å². The summed E-state index contributed by atoms with van der Waals surface area (Å²) in [6, 6.07) is 0.518. The van der Waals surface area contributed by atoms with E-state index >= 15 is 0 Å². The molecule has 0 amide bonds. The van der Waals surface area contributed by atoms with Crippen LogP contribution < -0.4 is 0 Å². The zero-order chi connectivity index (χ0) is 26.9. The van der Waals surface area contributed by atoms with Crippen molar-refractivity contribution in [1.29, 1.82) is 0 Å². The van der Waals surface area contributed by atoms with Crippen molar-refractivity contribution in [2.45, 2.75) is 111 Å². The third kappa shape index (κ3) is 3.91. The van der Waals surface area contributed by atoms with Crippen LogP contribution in [0.2, 0.25) is 0 Å². The second kappa shape index (κ2) is 9.47. The molecule has 0 spiro atoms. The highest BCUT2D eigenvalue weighted by Gasteiger charge is 2.68. The lowest BCUT2D eigenvalue weighted by molar-refractivity contribution is -0.147. The summed E-state index contributed by atoms with van der Waals surface area (Å²) < 4.78 is 6.42. The Morgan fingerprint density at radius 1 is 1.16 bits per heavy atom. The highest BCUT2D eigenvalue weighted by molar-refractivity contribution is 5.84. The minimum atomic E-state index is -0.352. The predicted octanol–water partition coefficient (Wildman–Crippen LogP) is 5.91. The SMILES string of the molecule is CCC(CC)C1=N[C@H]2CC=C3C[C@H]4C(=O)C[C@]5(C)[C@@H]([C@H](C)N(C)C)[C@H](O)C[C@@]5(C)[C@@H]4CC[C@H]3[C@]2(C)CO1. The van der Waals surface area contributed by atoms with Crippen molar-refractivity contribution in [1.82, 2.24) is 4.90 Å². The number of Topliss-reactive ketones (excluding diaryl/α,β-unsaturated/α-hetero) is 1. The summed E-state index contributed by atoms with van der Waals surface area (Å²) in [7, 11) is 4.21. The number of ketones is 1. The van der Waals surface area contributed by atoms with Crippen molar-refractivity contribution < 1.29 is 14.6 Å². The first-order valence-corrected chi connectivity index (χ1v) is 15.2. The van der Waals surface area contributed by atoms with Gasteiger partial charge in [-0.2, -0.15) is 0 Å². The van der Waals surface area contributed by atoms with Crippen LogP contribution in [0.1, 0.15) is 92.9 Å². The Balaban J connectivity index is 1.46. The molecule has 5 heteroatoms. The van der Waals surface area contributed by atoms with Gasteiger partial charge in [-0.3, -0.25) is 9.79 Å². The van der Waals surface area contributed by atoms with Crippen molar-refractivity contribution in [3.05, 3.63) is 11.6 Å². The molecule has 3 saturated carbocycles. The van der Waals surface area contributed by atoms with E-state index in [0.29, 0.717) is 30.0 Å². The minimum absolute atomic E-state index is 0.00245. The minimum Gasteiger partial charge on any atom is -0.480 e. The number of aliphatic hydroxyl groups is 1. The zero-order valence-corrected chi connectivity index (χ0v) is 24.7. The molecule has 0 unspecified atom stereocenters. The second-order valence-electron chi connectivity index (χ2n) is 14.3. The summed E-state index contributed by atoms with van der Waals surface area (Å²) in [6.07, 6.45) is 9.71. The van der Waals surface area contributed by atoms with Gasteiger partial charge in [0.15, 0.2) is 5.90 Å². The summed E-state index contributed by atoms with van der Waals surface area (Å²) in [5.74, 6) is 2.80. The van der Waals surface area contributed by atoms with Crippen molar-refractivity contribution in [2.24, 2.45) is 50.8 Å². The molecule has 1 heterocycles. The lowest BCUT2D eigenvalue weighted by Gasteiger charge is -2.56. The van der Waals surface area contributed by atoms with Crippen molar-refractivity contribution in [3.8, 4) is 0 Å². The highest BCUT2D eigenvalue weighted by Crippen LogP contribution is 2.69. The van der Waals surface area contributed by atoms with Gasteiger partial charge in [-0.1, -0.05) is 46.3 Å². The number of allylic oxidation sites excluding steroid dienone is 1. The Morgan fingerprint density at radius 3 is 2.51 bits per heavy atom. The molecule has 208 valence electrons. The smallest absolute Gasteiger partial charge is 0.186 e. The van der Waals surface area contributed by atoms with Crippen molar-refractivity contribution in [2.75, 3.05) is 20.7 Å². The Labute approximate surface area is 225 Å². The quantitative estimate of drug-likeness (QED) is 0.466. The molecule has 0 radical (unpaired) electrons. The monoisotopic (exact) mass is 512 g/mol. The van der Waals surface area contributed by atoms with Gasteiger partial charge in [0.25, 0.3) is 0 Å². The molecular weight excluding hydrogens is 460 g/mol. The normalized spacial score (nSPS) is 46.2. The number of carbonyl (C=O) groups is 1. The van der Waals surface area contributed by atoms with E-state index in [9.17, 15) is 9.90 Å². The van der Waals surface area contributed by atoms with E-state index in [2.05, 4.69) is 66.6 Å². The molecule has 10 atom stereocenters. The summed E-state index contributed by atoms with van der Waals surface area (Å²) in [5, 5.41) is 11.4. The third-order valence-electron chi connectivity index (χ3n) is 12.7. The summed E-state index contributed by atoms with van der Waals surface area (Å²) >= 11 is 0. The maximum atomic E-state index is 14.0. The molecule has 4 aliphatic carbocycles. The molecule has 5 aliphatic rings. The fraction of sp³-hybridized carbons (Fsp3) is 0.875. The average molecular weight is 513 g/mol. The van der Waals surface area contributed by atoms with Crippen molar-refractivity contribution in [3.63, 3.8) is 0 Å². The molecule has 0 bridgehead atoms. The van der Waals surface area contributed by atoms with Crippen LogP contribution in [0.25, 0.3) is 0 Å². The maximum Gasteiger partial charge on any atom is 0.186 e. The molecule has 5 nitrogen and oxygen atoms in total. The van der Waals surface area contributed by atoms with Crippen LogP contribution in [0.3, 0.4) is 0 Å². The van der Waals surface area contributed by atoms with Crippen LogP contribution in [0.5, 0.6) is 0 Å². The van der Waals surface area contributed by atoms with Gasteiger partial charge in [0.1, 0.15) is 5.78 Å². The maximum absolute atomic E-state index is 14.0. The van der Waals surface area contributed by atoms with Crippen LogP contribution in [-0.4, -0.2) is 60.6 Å². The standard InChI is InChI=1S/C32H52N2O3/c1-9-20(10-2)29-33-27-14-11-21-15-22-24(13-12-23(21)30(27,4)18-37-29)31(5)17-26(36)28(19(3)34(7)8)32(31,6)16-25(22)35/h11,19-20,22-24,26-28,36H,9-10,12-18H2,1-8H3/t19-,22+,23+,24+,26+,27-,28-,30-,31-,32+/m0/s1. The number of nitrogens with zero attached hydrogens (tertiary/aromatic N) is 2. The van der Waals surface area contributed by atoms with Crippen LogP contribution in [0.4, 0.5) is 0 Å². The molecule has 0 aromatic rings. The average Bonchev–Trinajstić information content (AvgIpc) is 2.96. The molecule has 37 heavy (non-hydrogen) atoms. The topological polar surface area (TPSA) is 62.1 Å². The number of aliphatic hydroxyl groups excluding tert-OH is 1. The Hall–Kier alpha value is -1.20. The van der Waals surface area contributed by atoms with E-state index in [1.165, 1.54) is 5.57 Å². The van der Waals surface area contributed by atoms with Gasteiger partial charge < -0.3 is 14.7 Å². The van der Waals surface area contributed by atoms with Crippen LogP contribution in [0.15, 0.2) is 16.6 Å². The van der Waals surface area contributed by atoms with E-state index in [4.69, 9.17) is 9.73 Å². The lowest BCUT2D eigenvalue weighted by atomic mass is 9.48. The van der Waals surface area contributed by atoms with Crippen LogP contribution in [-0.2, 0) is 9.53 Å². The number of hydrogen-bond acceptors (Lipinski definition) is 5. The second-order valence-corrected chi connectivity index (χ2v) is 14.3. The first-order valence-electron chi connectivity index (χ1n) is 15.2. The van der Waals surface area contributed by atoms with E-state index in [-0.39, 0.29) is 46.3 Å². The molecule has 0 aromatic carbocycles. The van der Waals surface area contributed by atoms with Crippen LogP contribution in [0, 0.1) is 45.8 Å². The van der Waals surface area contributed by atoms with Gasteiger partial charge in [-0.15, -0.1) is 0 Å². The predicted molar refractivity (Wildman–Crippen MR) is 149 cm³/mol. The number of carbonyl (C=O) groups excluding carboxylic acids is 1. The molecule has 1 aliphatic heterocycles. The zero-order valence-electron chi connectivity index (χ0n) is 24.7. The third-order valence-corrected chi connectivity index (χ3v) is 12.7. The Kier molecular flexibility index (Phi) is 7.00. The van der Waals surface area contributed by atoms with Gasteiger partial charge in [-0.25, -0.2) is 0 Å². The lowest BCUT2D eigenvalue weighted by Crippen LogP contribution is -2.55. The van der Waals surface area contributed by atoms with E-state index in [1.54, 1.807) is 0 Å². The van der Waals surface area contributed by atoms with Gasteiger partial charge in [0.05, 0.1) is 18.8 Å². The fourth-order valence-corrected chi connectivity index (χ4v) is 9.96. The molecular formula is C32H52N2O3. The van der Waals surface area contributed by atoms with Gasteiger partial charge in [0.2, 0.25) is 0 Å². The molecule has 1 N–H and O–H groups in total. The Bertz CT molecular complexity index is 969. The summed E-state index contributed by atoms with van der Waals surface area (Å²) in [6.45, 7) is 14.6. The number of fused-ring (bicyclic) bond motifs is 6. The van der Waals surface area contributed by atoms with Gasteiger partial charge >= 0.3 is 0 Å². The fourth-order valence-electron chi connectivity index (χ4n) is 9.96. The number of rotatable bonds is 5. The van der Waals surface area contributed by atoms with Crippen LogP contribution >= 0.6 is 0 Å². The van der Waals surface area contributed by atoms with Gasteiger partial charge in [-0.05, 0) is 88.6 Å². The van der Waals surface area contributed by atoms with Crippen molar-refractivity contribution >= 4 is 11.7 Å². The van der Waals surface area contributed by atoms with E-state index in [1.807, 2.05) is 0 Å². The van der Waals surface area contributed by atoms with Gasteiger partial charge in [0, 0.05) is 35.6 Å². The number of hydrogen-bond donors (Lipinski definition) is 1. The number of ether oxygens (including phenoxy) is 1. The summed E-state index contributed by atoms with van der Waals surface area (Å²) in [4.78, 5) is 21.4. The molecule has 3 fully saturated rings. The highest BCUT2D eigenvalue weighted by atomic mass is 16.5. The summed E-state index contributed by atoms with van der Waals surface area (Å²) in [5.41, 5.74) is 1.29. The first-order chi connectivity index (χ1) is 17.4. The number of aliphatic imine (C=N–C) groups is 1. The largest absolute Gasteiger partial charge is 0.480 e. The molecule has 5 rings (SSSR count). The molecule has 0 saturated heterocycles.